The zero-order valence-corrected chi connectivity index (χ0v) is 8.12. The van der Waals surface area contributed by atoms with Gasteiger partial charge in [-0.15, -0.1) is 0 Å². The van der Waals surface area contributed by atoms with Crippen molar-refractivity contribution in [3.63, 3.8) is 0 Å². The molecular weight excluding hydrogens is 162 g/mol. The minimum atomic E-state index is -0.0751. The van der Waals surface area contributed by atoms with E-state index in [4.69, 9.17) is 0 Å². The lowest BCUT2D eigenvalue weighted by Crippen LogP contribution is -2.20. The molecule has 2 nitrogen and oxygen atoms in total. The molecule has 0 saturated heterocycles. The minimum absolute atomic E-state index is 0.0751. The Balaban J connectivity index is 2.37. The van der Waals surface area contributed by atoms with E-state index >= 15 is 0 Å². The fourth-order valence-corrected chi connectivity index (χ4v) is 2.14. The maximum atomic E-state index is 9.41. The van der Waals surface area contributed by atoms with Crippen LogP contribution >= 0.6 is 0 Å². The van der Waals surface area contributed by atoms with Crippen molar-refractivity contribution >= 4 is 0 Å². The van der Waals surface area contributed by atoms with E-state index in [-0.39, 0.29) is 17.4 Å². The molecule has 2 rings (SSSR count). The molecule has 1 aromatic heterocycles. The monoisotopic (exact) mass is 177 g/mol. The van der Waals surface area contributed by atoms with Crippen LogP contribution in [-0.2, 0) is 5.41 Å². The van der Waals surface area contributed by atoms with Crippen molar-refractivity contribution in [1.82, 2.24) is 4.98 Å². The second-order valence-corrected chi connectivity index (χ2v) is 4.52. The van der Waals surface area contributed by atoms with E-state index in [1.54, 1.807) is 6.20 Å². The van der Waals surface area contributed by atoms with Gasteiger partial charge < -0.3 is 5.11 Å². The number of hydrogen-bond donors (Lipinski definition) is 1. The first kappa shape index (κ1) is 8.70. The zero-order chi connectivity index (χ0) is 9.53. The Bertz CT molecular complexity index is 307. The van der Waals surface area contributed by atoms with Gasteiger partial charge in [-0.2, -0.15) is 0 Å². The van der Waals surface area contributed by atoms with Crippen LogP contribution in [0.3, 0.4) is 0 Å². The van der Waals surface area contributed by atoms with Crippen molar-refractivity contribution in [3.05, 3.63) is 30.1 Å². The lowest BCUT2D eigenvalue weighted by molar-refractivity contribution is 0.228. The van der Waals surface area contributed by atoms with Gasteiger partial charge in [-0.3, -0.25) is 4.98 Å². The second kappa shape index (κ2) is 2.55. The number of rotatable bonds is 2. The number of aromatic nitrogens is 1. The van der Waals surface area contributed by atoms with Crippen LogP contribution in [0.5, 0.6) is 0 Å². The van der Waals surface area contributed by atoms with Crippen LogP contribution in [0.1, 0.15) is 26.0 Å². The van der Waals surface area contributed by atoms with Crippen molar-refractivity contribution in [2.24, 2.45) is 5.41 Å². The van der Waals surface area contributed by atoms with Gasteiger partial charge in [0.25, 0.3) is 0 Å². The van der Waals surface area contributed by atoms with Gasteiger partial charge in [-0.05, 0) is 24.0 Å². The molecule has 13 heavy (non-hydrogen) atoms. The maximum absolute atomic E-state index is 9.41. The summed E-state index contributed by atoms with van der Waals surface area (Å²) in [7, 11) is 0. The van der Waals surface area contributed by atoms with Crippen LogP contribution in [0.15, 0.2) is 24.4 Å². The summed E-state index contributed by atoms with van der Waals surface area (Å²) in [6, 6.07) is 5.89. The summed E-state index contributed by atoms with van der Waals surface area (Å²) >= 11 is 0. The van der Waals surface area contributed by atoms with Crippen LogP contribution in [0.4, 0.5) is 0 Å². The molecule has 70 valence electrons. The Hall–Kier alpha value is -0.890. The second-order valence-electron chi connectivity index (χ2n) is 4.52. The lowest BCUT2D eigenvalue weighted by atomic mass is 9.93. The Kier molecular flexibility index (Phi) is 1.70. The third kappa shape index (κ3) is 1.09. The number of pyridine rings is 1. The Labute approximate surface area is 78.6 Å². The van der Waals surface area contributed by atoms with Gasteiger partial charge in [0.05, 0.1) is 6.61 Å². The first-order chi connectivity index (χ1) is 6.12. The van der Waals surface area contributed by atoms with Gasteiger partial charge in [-0.25, -0.2) is 0 Å². The quantitative estimate of drug-likeness (QED) is 0.746. The number of hydrogen-bond acceptors (Lipinski definition) is 2. The molecule has 1 atom stereocenters. The molecule has 1 N–H and O–H groups in total. The molecule has 1 aromatic rings. The summed E-state index contributed by atoms with van der Waals surface area (Å²) in [5.41, 5.74) is 1.16. The standard InChI is InChI=1S/C11H15NO/c1-10(2)7-11(10,8-13)9-5-3-4-6-12-9/h3-6,13H,7-8H2,1-2H3. The Morgan fingerprint density at radius 3 is 2.54 bits per heavy atom. The van der Waals surface area contributed by atoms with Gasteiger partial charge in [0.2, 0.25) is 0 Å². The lowest BCUT2D eigenvalue weighted by Gasteiger charge is -2.16. The number of nitrogens with zero attached hydrogens (tertiary/aromatic N) is 1. The highest BCUT2D eigenvalue weighted by molar-refractivity contribution is 5.31. The average Bonchev–Trinajstić information content (AvgIpc) is 2.72. The van der Waals surface area contributed by atoms with Crippen LogP contribution < -0.4 is 0 Å². The summed E-state index contributed by atoms with van der Waals surface area (Å²) in [6.45, 7) is 4.56. The van der Waals surface area contributed by atoms with E-state index in [2.05, 4.69) is 18.8 Å². The van der Waals surface area contributed by atoms with Crippen molar-refractivity contribution in [1.29, 1.82) is 0 Å². The largest absolute Gasteiger partial charge is 0.395 e. The summed E-state index contributed by atoms with van der Waals surface area (Å²) in [5, 5.41) is 9.41. The third-order valence-corrected chi connectivity index (χ3v) is 3.34. The highest BCUT2D eigenvalue weighted by atomic mass is 16.3. The highest BCUT2D eigenvalue weighted by Crippen LogP contribution is 2.63. The molecule has 0 amide bonds. The smallest absolute Gasteiger partial charge is 0.0548 e. The SMILES string of the molecule is CC1(C)CC1(CO)c1ccccn1. The van der Waals surface area contributed by atoms with E-state index in [0.29, 0.717) is 0 Å². The molecule has 1 aliphatic carbocycles. The molecule has 2 heteroatoms. The van der Waals surface area contributed by atoms with Crippen LogP contribution in [0, 0.1) is 5.41 Å². The molecule has 1 unspecified atom stereocenters. The molecule has 0 bridgehead atoms. The van der Waals surface area contributed by atoms with E-state index in [1.807, 2.05) is 18.2 Å². The molecular formula is C11H15NO. The fourth-order valence-electron chi connectivity index (χ4n) is 2.14. The van der Waals surface area contributed by atoms with E-state index in [9.17, 15) is 5.11 Å². The first-order valence-electron chi connectivity index (χ1n) is 4.65. The van der Waals surface area contributed by atoms with Crippen molar-refractivity contribution < 1.29 is 5.11 Å². The fraction of sp³-hybridized carbons (Fsp3) is 0.545. The van der Waals surface area contributed by atoms with E-state index < -0.39 is 0 Å². The van der Waals surface area contributed by atoms with Crippen molar-refractivity contribution in [3.8, 4) is 0 Å². The summed E-state index contributed by atoms with van der Waals surface area (Å²) in [5.74, 6) is 0. The molecule has 0 aromatic carbocycles. The highest BCUT2D eigenvalue weighted by Gasteiger charge is 2.62. The Morgan fingerprint density at radius 1 is 1.46 bits per heavy atom. The van der Waals surface area contributed by atoms with E-state index in [0.717, 1.165) is 12.1 Å². The molecule has 0 spiro atoms. The van der Waals surface area contributed by atoms with Crippen molar-refractivity contribution in [2.75, 3.05) is 6.61 Å². The summed E-state index contributed by atoms with van der Waals surface area (Å²) < 4.78 is 0. The topological polar surface area (TPSA) is 33.1 Å². The normalized spacial score (nSPS) is 30.1. The Morgan fingerprint density at radius 2 is 2.15 bits per heavy atom. The molecule has 0 radical (unpaired) electrons. The third-order valence-electron chi connectivity index (χ3n) is 3.34. The van der Waals surface area contributed by atoms with E-state index in [1.165, 1.54) is 0 Å². The van der Waals surface area contributed by atoms with Gasteiger partial charge in [0.1, 0.15) is 0 Å². The minimum Gasteiger partial charge on any atom is -0.395 e. The predicted molar refractivity (Wildman–Crippen MR) is 51.4 cm³/mol. The molecule has 1 saturated carbocycles. The summed E-state index contributed by atoms with van der Waals surface area (Å²) in [4.78, 5) is 4.32. The first-order valence-corrected chi connectivity index (χ1v) is 4.65. The number of aliphatic hydroxyl groups excluding tert-OH is 1. The zero-order valence-electron chi connectivity index (χ0n) is 8.12. The van der Waals surface area contributed by atoms with Crippen LogP contribution in [-0.4, -0.2) is 16.7 Å². The van der Waals surface area contributed by atoms with Gasteiger partial charge >= 0.3 is 0 Å². The maximum Gasteiger partial charge on any atom is 0.0548 e. The molecule has 1 heterocycles. The van der Waals surface area contributed by atoms with Gasteiger partial charge in [-0.1, -0.05) is 19.9 Å². The molecule has 0 aliphatic heterocycles. The van der Waals surface area contributed by atoms with Crippen molar-refractivity contribution in [2.45, 2.75) is 25.7 Å². The average molecular weight is 177 g/mol. The predicted octanol–water partition coefficient (Wildman–Crippen LogP) is 1.74. The van der Waals surface area contributed by atoms with Gasteiger partial charge in [0, 0.05) is 17.3 Å². The molecule has 1 aliphatic rings. The van der Waals surface area contributed by atoms with Crippen LogP contribution in [0.2, 0.25) is 0 Å². The van der Waals surface area contributed by atoms with Gasteiger partial charge in [0.15, 0.2) is 0 Å². The summed E-state index contributed by atoms with van der Waals surface area (Å²) in [6.07, 6.45) is 2.83. The number of aliphatic hydroxyl groups is 1. The molecule has 1 fully saturated rings. The van der Waals surface area contributed by atoms with Crippen LogP contribution in [0.25, 0.3) is 0 Å².